The van der Waals surface area contributed by atoms with Crippen LogP contribution in [0.4, 0.5) is 0 Å². The van der Waals surface area contributed by atoms with Gasteiger partial charge in [0, 0.05) is 15.7 Å². The van der Waals surface area contributed by atoms with Crippen molar-refractivity contribution in [2.75, 3.05) is 0 Å². The molecule has 23 heavy (non-hydrogen) atoms. The maximum absolute atomic E-state index is 9.55. The number of fused-ring (bicyclic) bond motifs is 1. The quantitative estimate of drug-likeness (QED) is 0.880. The van der Waals surface area contributed by atoms with Crippen LogP contribution >= 0.6 is 23.2 Å². The molecule has 0 radical (unpaired) electrons. The lowest BCUT2D eigenvalue weighted by atomic mass is 9.83. The summed E-state index contributed by atoms with van der Waals surface area (Å²) in [6.07, 6.45) is 1.71. The van der Waals surface area contributed by atoms with Crippen LogP contribution in [0.3, 0.4) is 0 Å². The van der Waals surface area contributed by atoms with E-state index in [1.54, 1.807) is 18.2 Å². The predicted octanol–water partition coefficient (Wildman–Crippen LogP) is 3.89. The fourth-order valence-corrected chi connectivity index (χ4v) is 3.31. The average Bonchev–Trinajstić information content (AvgIpc) is 2.89. The Hall–Kier alpha value is -2.16. The molecule has 7 heteroatoms. The van der Waals surface area contributed by atoms with Crippen molar-refractivity contribution in [3.8, 4) is 11.9 Å². The van der Waals surface area contributed by atoms with Gasteiger partial charge in [0.2, 0.25) is 11.8 Å². The van der Waals surface area contributed by atoms with Crippen LogP contribution in [-0.4, -0.2) is 10.2 Å². The summed E-state index contributed by atoms with van der Waals surface area (Å²) in [4.78, 5) is 0. The lowest BCUT2D eigenvalue weighted by Gasteiger charge is -2.24. The van der Waals surface area contributed by atoms with E-state index in [1.807, 2.05) is 0 Å². The molecule has 1 atom stereocenters. The topological polar surface area (TPSA) is 87.7 Å². The van der Waals surface area contributed by atoms with E-state index in [0.717, 1.165) is 29.7 Å². The van der Waals surface area contributed by atoms with Crippen molar-refractivity contribution in [2.45, 2.75) is 25.7 Å². The van der Waals surface area contributed by atoms with Gasteiger partial charge >= 0.3 is 0 Å². The lowest BCUT2D eigenvalue weighted by molar-refractivity contribution is 0.378. The third kappa shape index (κ3) is 2.65. The smallest absolute Gasteiger partial charge is 0.244 e. The second kappa shape index (κ2) is 6.15. The maximum Gasteiger partial charge on any atom is 0.244 e. The molecule has 1 aromatic carbocycles. The summed E-state index contributed by atoms with van der Waals surface area (Å²) in [6, 6.07) is 7.33. The van der Waals surface area contributed by atoms with Gasteiger partial charge in [0.05, 0.1) is 11.5 Å². The number of nitrogens with zero attached hydrogens (tertiary/aromatic N) is 2. The number of aromatic nitrogens is 2. The summed E-state index contributed by atoms with van der Waals surface area (Å²) in [7, 11) is 0. The summed E-state index contributed by atoms with van der Waals surface area (Å²) in [5, 5.41) is 17.7. The van der Waals surface area contributed by atoms with Crippen LogP contribution in [0.2, 0.25) is 10.0 Å². The van der Waals surface area contributed by atoms with Crippen LogP contribution in [-0.2, 0) is 6.42 Å². The van der Waals surface area contributed by atoms with E-state index in [4.69, 9.17) is 33.7 Å². The van der Waals surface area contributed by atoms with E-state index in [0.29, 0.717) is 21.5 Å². The van der Waals surface area contributed by atoms with Gasteiger partial charge in [-0.05, 0) is 24.1 Å². The van der Waals surface area contributed by atoms with Crippen LogP contribution < -0.4 is 10.5 Å². The molecule has 2 aromatic rings. The van der Waals surface area contributed by atoms with E-state index < -0.39 is 5.92 Å². The second-order valence-corrected chi connectivity index (χ2v) is 6.11. The SMILES string of the molecule is CCCc1[nH]nc2c1C(c1ccc(Cl)cc1Cl)C(C#N)=C(N)O2. The highest BCUT2D eigenvalue weighted by molar-refractivity contribution is 6.35. The summed E-state index contributed by atoms with van der Waals surface area (Å²) in [5.41, 5.74) is 8.70. The molecule has 0 saturated carbocycles. The average molecular weight is 349 g/mol. The van der Waals surface area contributed by atoms with Crippen molar-refractivity contribution in [1.29, 1.82) is 5.26 Å². The zero-order valence-corrected chi connectivity index (χ0v) is 13.9. The van der Waals surface area contributed by atoms with Crippen molar-refractivity contribution in [1.82, 2.24) is 10.2 Å². The van der Waals surface area contributed by atoms with Crippen LogP contribution in [0.15, 0.2) is 29.7 Å². The van der Waals surface area contributed by atoms with Crippen LogP contribution in [0.1, 0.15) is 36.1 Å². The molecule has 0 saturated heterocycles. The van der Waals surface area contributed by atoms with Crippen molar-refractivity contribution < 1.29 is 4.74 Å². The third-order valence-corrected chi connectivity index (χ3v) is 4.35. The highest BCUT2D eigenvalue weighted by atomic mass is 35.5. The van der Waals surface area contributed by atoms with Gasteiger partial charge in [-0.15, -0.1) is 5.10 Å². The number of halogens is 2. The summed E-state index contributed by atoms with van der Waals surface area (Å²) < 4.78 is 5.50. The number of nitriles is 1. The Morgan fingerprint density at radius 3 is 2.87 bits per heavy atom. The van der Waals surface area contributed by atoms with Crippen molar-refractivity contribution >= 4 is 23.2 Å². The Morgan fingerprint density at radius 2 is 2.22 bits per heavy atom. The molecule has 1 aliphatic rings. The zero-order valence-electron chi connectivity index (χ0n) is 12.4. The molecular formula is C16H14Cl2N4O. The largest absolute Gasteiger partial charge is 0.420 e. The number of hydrogen-bond acceptors (Lipinski definition) is 4. The molecule has 3 rings (SSSR count). The van der Waals surface area contributed by atoms with Gasteiger partial charge in [0.25, 0.3) is 0 Å². The summed E-state index contributed by atoms with van der Waals surface area (Å²) in [6.45, 7) is 2.07. The summed E-state index contributed by atoms with van der Waals surface area (Å²) in [5.74, 6) is 0.0142. The molecule has 1 aromatic heterocycles. The molecule has 0 fully saturated rings. The molecule has 5 nitrogen and oxygen atoms in total. The fourth-order valence-electron chi connectivity index (χ4n) is 2.80. The van der Waals surface area contributed by atoms with Crippen LogP contribution in [0.25, 0.3) is 0 Å². The number of aromatic amines is 1. The molecule has 1 unspecified atom stereocenters. The van der Waals surface area contributed by atoms with E-state index in [-0.39, 0.29) is 5.88 Å². The Morgan fingerprint density at radius 1 is 1.43 bits per heavy atom. The monoisotopic (exact) mass is 348 g/mol. The predicted molar refractivity (Wildman–Crippen MR) is 88.3 cm³/mol. The highest BCUT2D eigenvalue weighted by Crippen LogP contribution is 2.45. The first-order valence-electron chi connectivity index (χ1n) is 7.16. The number of H-pyrrole nitrogens is 1. The van der Waals surface area contributed by atoms with Crippen molar-refractivity contribution in [2.24, 2.45) is 5.73 Å². The van der Waals surface area contributed by atoms with Gasteiger partial charge in [-0.25, -0.2) is 0 Å². The number of nitrogens with one attached hydrogen (secondary N) is 1. The number of ether oxygens (including phenoxy) is 1. The normalized spacial score (nSPS) is 16.7. The molecule has 0 amide bonds. The van der Waals surface area contributed by atoms with E-state index in [1.165, 1.54) is 0 Å². The minimum atomic E-state index is -0.422. The molecular weight excluding hydrogens is 335 g/mol. The van der Waals surface area contributed by atoms with E-state index in [2.05, 4.69) is 23.2 Å². The first-order valence-corrected chi connectivity index (χ1v) is 7.92. The van der Waals surface area contributed by atoms with E-state index >= 15 is 0 Å². The number of allylic oxidation sites excluding steroid dienone is 1. The van der Waals surface area contributed by atoms with Gasteiger partial charge < -0.3 is 10.5 Å². The Labute approximate surface area is 143 Å². The number of benzene rings is 1. The minimum Gasteiger partial charge on any atom is -0.420 e. The molecule has 3 N–H and O–H groups in total. The van der Waals surface area contributed by atoms with Gasteiger partial charge in [0.1, 0.15) is 11.6 Å². The molecule has 118 valence electrons. The first kappa shape index (κ1) is 15.7. The molecule has 1 aliphatic heterocycles. The highest BCUT2D eigenvalue weighted by Gasteiger charge is 2.35. The second-order valence-electron chi connectivity index (χ2n) is 5.26. The Balaban J connectivity index is 2.24. The first-order chi connectivity index (χ1) is 11.1. The number of aryl methyl sites for hydroxylation is 1. The third-order valence-electron chi connectivity index (χ3n) is 3.79. The van der Waals surface area contributed by atoms with Crippen LogP contribution in [0, 0.1) is 11.3 Å². The molecule has 0 spiro atoms. The summed E-state index contributed by atoms with van der Waals surface area (Å²) >= 11 is 12.4. The van der Waals surface area contributed by atoms with Gasteiger partial charge in [-0.3, -0.25) is 5.10 Å². The lowest BCUT2D eigenvalue weighted by Crippen LogP contribution is -2.21. The number of rotatable bonds is 3. The number of nitrogens with two attached hydrogens (primary N) is 1. The van der Waals surface area contributed by atoms with Crippen molar-refractivity contribution in [3.05, 3.63) is 56.5 Å². The van der Waals surface area contributed by atoms with Gasteiger partial charge in [-0.2, -0.15) is 5.26 Å². The Bertz CT molecular complexity index is 835. The maximum atomic E-state index is 9.55. The van der Waals surface area contributed by atoms with Crippen LogP contribution in [0.5, 0.6) is 5.88 Å². The number of hydrogen-bond donors (Lipinski definition) is 2. The van der Waals surface area contributed by atoms with Gasteiger partial charge in [-0.1, -0.05) is 42.6 Å². The van der Waals surface area contributed by atoms with E-state index in [9.17, 15) is 5.26 Å². The fraction of sp³-hybridized carbons (Fsp3) is 0.250. The molecule has 0 aliphatic carbocycles. The molecule has 0 bridgehead atoms. The standard InChI is InChI=1S/C16H14Cl2N4O/c1-2-3-12-14-13(9-5-4-8(17)6-11(9)18)10(7-19)15(20)23-16(14)22-21-12/h4-6,13H,2-3,20H2,1H3,(H,21,22). The minimum absolute atomic E-state index is 0.0468. The zero-order chi connectivity index (χ0) is 16.6. The molecule has 2 heterocycles. The van der Waals surface area contributed by atoms with Gasteiger partial charge in [0.15, 0.2) is 0 Å². The van der Waals surface area contributed by atoms with Crippen molar-refractivity contribution in [3.63, 3.8) is 0 Å². The Kier molecular flexibility index (Phi) is 4.20.